The third-order valence-corrected chi connectivity index (χ3v) is 6.60. The Morgan fingerprint density at radius 1 is 1.03 bits per heavy atom. The normalized spacial score (nSPS) is 19.7. The van der Waals surface area contributed by atoms with Gasteiger partial charge in [0.2, 0.25) is 5.91 Å². The van der Waals surface area contributed by atoms with Gasteiger partial charge in [-0.25, -0.2) is 4.98 Å². The molecule has 1 aromatic heterocycles. The van der Waals surface area contributed by atoms with E-state index in [2.05, 4.69) is 15.2 Å². The Morgan fingerprint density at radius 3 is 2.52 bits per heavy atom. The molecule has 1 saturated heterocycles. The fourth-order valence-corrected chi connectivity index (χ4v) is 4.92. The molecule has 2 fully saturated rings. The number of rotatable bonds is 7. The van der Waals surface area contributed by atoms with Crippen LogP contribution in [-0.4, -0.2) is 41.0 Å². The summed E-state index contributed by atoms with van der Waals surface area (Å²) in [6.07, 6.45) is 13.0. The van der Waals surface area contributed by atoms with Gasteiger partial charge in [-0.05, 0) is 38.8 Å². The molecular formula is C24H33N3O2. The molecule has 1 amide bonds. The summed E-state index contributed by atoms with van der Waals surface area (Å²) in [6, 6.07) is 9.94. The van der Waals surface area contributed by atoms with Crippen molar-refractivity contribution in [2.75, 3.05) is 19.6 Å². The van der Waals surface area contributed by atoms with E-state index >= 15 is 0 Å². The van der Waals surface area contributed by atoms with E-state index in [4.69, 9.17) is 4.42 Å². The molecule has 2 aliphatic rings. The van der Waals surface area contributed by atoms with Crippen molar-refractivity contribution in [1.82, 2.24) is 15.2 Å². The van der Waals surface area contributed by atoms with Gasteiger partial charge in [0.25, 0.3) is 0 Å². The molecule has 29 heavy (non-hydrogen) atoms. The lowest BCUT2D eigenvalue weighted by atomic mass is 9.79. The molecule has 2 heterocycles. The third-order valence-electron chi connectivity index (χ3n) is 6.60. The van der Waals surface area contributed by atoms with E-state index in [1.807, 2.05) is 30.3 Å². The van der Waals surface area contributed by atoms with Crippen LogP contribution >= 0.6 is 0 Å². The summed E-state index contributed by atoms with van der Waals surface area (Å²) < 4.78 is 5.83. The second-order valence-electron chi connectivity index (χ2n) is 8.59. The van der Waals surface area contributed by atoms with Crippen LogP contribution in [0.4, 0.5) is 0 Å². The largest absolute Gasteiger partial charge is 0.441 e. The molecule has 0 radical (unpaired) electrons. The van der Waals surface area contributed by atoms with Crippen LogP contribution in [0.5, 0.6) is 0 Å². The molecule has 1 N–H and O–H groups in total. The number of nitrogens with one attached hydrogen (secondary N) is 1. The second-order valence-corrected chi connectivity index (χ2v) is 8.59. The molecule has 0 bridgehead atoms. The highest BCUT2D eigenvalue weighted by atomic mass is 16.4. The zero-order valence-electron chi connectivity index (χ0n) is 17.4. The standard InChI is InChI=1S/C24H33N3O2/c28-22(12-13-23-25-18-21(29-23)20-10-4-1-5-11-20)26-19-24(14-6-2-7-15-24)27-16-8-3-9-17-27/h1,4-5,10-11,18H,2-3,6-9,12-17,19H2,(H,26,28). The first kappa shape index (κ1) is 20.1. The molecule has 0 atom stereocenters. The van der Waals surface area contributed by atoms with Crippen LogP contribution in [0.15, 0.2) is 40.9 Å². The fraction of sp³-hybridized carbons (Fsp3) is 0.583. The molecule has 5 nitrogen and oxygen atoms in total. The highest BCUT2D eigenvalue weighted by Crippen LogP contribution is 2.35. The van der Waals surface area contributed by atoms with Crippen molar-refractivity contribution in [3.05, 3.63) is 42.4 Å². The number of benzene rings is 1. The van der Waals surface area contributed by atoms with Crippen LogP contribution in [0, 0.1) is 0 Å². The number of hydrogen-bond acceptors (Lipinski definition) is 4. The molecule has 5 heteroatoms. The van der Waals surface area contributed by atoms with E-state index in [1.54, 1.807) is 6.20 Å². The molecule has 2 aromatic rings. The number of nitrogens with zero attached hydrogens (tertiary/aromatic N) is 2. The van der Waals surface area contributed by atoms with Crippen LogP contribution in [0.3, 0.4) is 0 Å². The highest BCUT2D eigenvalue weighted by molar-refractivity contribution is 5.76. The minimum absolute atomic E-state index is 0.103. The summed E-state index contributed by atoms with van der Waals surface area (Å²) in [7, 11) is 0. The van der Waals surface area contributed by atoms with Crippen molar-refractivity contribution in [3.8, 4) is 11.3 Å². The fourth-order valence-electron chi connectivity index (χ4n) is 4.92. The van der Waals surface area contributed by atoms with Gasteiger partial charge in [-0.2, -0.15) is 0 Å². The first-order chi connectivity index (χ1) is 14.3. The Labute approximate surface area is 173 Å². The van der Waals surface area contributed by atoms with Gasteiger partial charge < -0.3 is 9.73 Å². The number of oxazole rings is 1. The zero-order chi connectivity index (χ0) is 19.9. The van der Waals surface area contributed by atoms with Crippen LogP contribution < -0.4 is 5.32 Å². The smallest absolute Gasteiger partial charge is 0.220 e. The summed E-state index contributed by atoms with van der Waals surface area (Å²) in [5, 5.41) is 3.25. The van der Waals surface area contributed by atoms with Gasteiger partial charge >= 0.3 is 0 Å². The van der Waals surface area contributed by atoms with Crippen LogP contribution in [0.2, 0.25) is 0 Å². The SMILES string of the molecule is O=C(CCc1ncc(-c2ccccc2)o1)NCC1(N2CCCCC2)CCCCC1. The van der Waals surface area contributed by atoms with Gasteiger partial charge in [-0.1, -0.05) is 56.0 Å². The summed E-state index contributed by atoms with van der Waals surface area (Å²) in [6.45, 7) is 3.16. The predicted molar refractivity (Wildman–Crippen MR) is 115 cm³/mol. The Kier molecular flexibility index (Phi) is 6.65. The minimum Gasteiger partial charge on any atom is -0.441 e. The number of aryl methyl sites for hydroxylation is 1. The van der Waals surface area contributed by atoms with E-state index in [-0.39, 0.29) is 11.4 Å². The summed E-state index contributed by atoms with van der Waals surface area (Å²) in [5.41, 5.74) is 1.19. The molecule has 1 saturated carbocycles. The van der Waals surface area contributed by atoms with Crippen molar-refractivity contribution in [2.45, 2.75) is 69.7 Å². The van der Waals surface area contributed by atoms with E-state index in [9.17, 15) is 4.79 Å². The van der Waals surface area contributed by atoms with Crippen molar-refractivity contribution in [2.24, 2.45) is 0 Å². The lowest BCUT2D eigenvalue weighted by Gasteiger charge is -2.48. The topological polar surface area (TPSA) is 58.4 Å². The average molecular weight is 396 g/mol. The monoisotopic (exact) mass is 395 g/mol. The maximum atomic E-state index is 12.6. The highest BCUT2D eigenvalue weighted by Gasteiger charge is 2.38. The van der Waals surface area contributed by atoms with E-state index in [1.165, 1.54) is 64.5 Å². The average Bonchev–Trinajstić information content (AvgIpc) is 3.27. The molecule has 1 aliphatic heterocycles. The molecule has 1 aromatic carbocycles. The van der Waals surface area contributed by atoms with Gasteiger partial charge in [0.05, 0.1) is 6.20 Å². The Balaban J connectivity index is 1.29. The van der Waals surface area contributed by atoms with Crippen molar-refractivity contribution in [1.29, 1.82) is 0 Å². The quantitative estimate of drug-likeness (QED) is 0.745. The number of hydrogen-bond donors (Lipinski definition) is 1. The number of carbonyl (C=O) groups excluding carboxylic acids is 1. The number of piperidine rings is 1. The molecule has 0 unspecified atom stereocenters. The lowest BCUT2D eigenvalue weighted by Crippen LogP contribution is -2.58. The summed E-state index contributed by atoms with van der Waals surface area (Å²) >= 11 is 0. The molecule has 0 spiro atoms. The number of amides is 1. The summed E-state index contributed by atoms with van der Waals surface area (Å²) in [4.78, 5) is 19.6. The maximum Gasteiger partial charge on any atom is 0.220 e. The van der Waals surface area contributed by atoms with Gasteiger partial charge in [-0.3, -0.25) is 9.69 Å². The van der Waals surface area contributed by atoms with Crippen LogP contribution in [0.1, 0.15) is 63.7 Å². The Morgan fingerprint density at radius 2 is 1.76 bits per heavy atom. The van der Waals surface area contributed by atoms with Crippen molar-refractivity contribution < 1.29 is 9.21 Å². The third kappa shape index (κ3) is 5.08. The van der Waals surface area contributed by atoms with Crippen molar-refractivity contribution in [3.63, 3.8) is 0 Å². The van der Waals surface area contributed by atoms with E-state index < -0.39 is 0 Å². The van der Waals surface area contributed by atoms with Gasteiger partial charge in [0.15, 0.2) is 11.7 Å². The Bertz CT molecular complexity index is 774. The summed E-state index contributed by atoms with van der Waals surface area (Å²) in [5.74, 6) is 1.49. The first-order valence-corrected chi connectivity index (χ1v) is 11.3. The minimum atomic E-state index is 0.103. The number of aromatic nitrogens is 1. The Hall–Kier alpha value is -2.14. The maximum absolute atomic E-state index is 12.6. The molecule has 1 aliphatic carbocycles. The molecular weight excluding hydrogens is 362 g/mol. The number of carbonyl (C=O) groups is 1. The van der Waals surface area contributed by atoms with Crippen LogP contribution in [0.25, 0.3) is 11.3 Å². The van der Waals surface area contributed by atoms with E-state index in [0.717, 1.165) is 17.9 Å². The first-order valence-electron chi connectivity index (χ1n) is 11.3. The second kappa shape index (κ2) is 9.57. The molecule has 156 valence electrons. The van der Waals surface area contributed by atoms with Gasteiger partial charge in [0.1, 0.15) is 0 Å². The van der Waals surface area contributed by atoms with Crippen molar-refractivity contribution >= 4 is 5.91 Å². The predicted octanol–water partition coefficient (Wildman–Crippen LogP) is 4.58. The zero-order valence-corrected chi connectivity index (χ0v) is 17.4. The van der Waals surface area contributed by atoms with Gasteiger partial charge in [-0.15, -0.1) is 0 Å². The van der Waals surface area contributed by atoms with Gasteiger partial charge in [0, 0.05) is 30.5 Å². The van der Waals surface area contributed by atoms with E-state index in [0.29, 0.717) is 18.7 Å². The number of likely N-dealkylation sites (tertiary alicyclic amines) is 1. The van der Waals surface area contributed by atoms with Crippen LogP contribution in [-0.2, 0) is 11.2 Å². The molecule has 4 rings (SSSR count). The lowest BCUT2D eigenvalue weighted by molar-refractivity contribution is -0.122.